The number of carbonyl (C=O) groups is 1. The summed E-state index contributed by atoms with van der Waals surface area (Å²) in [6.07, 6.45) is 4.24. The van der Waals surface area contributed by atoms with Gasteiger partial charge < -0.3 is 4.74 Å². The van der Waals surface area contributed by atoms with Gasteiger partial charge in [-0.05, 0) is 12.8 Å². The lowest BCUT2D eigenvalue weighted by Gasteiger charge is -2.05. The molecule has 0 saturated heterocycles. The summed E-state index contributed by atoms with van der Waals surface area (Å²) in [7, 11) is -2.98. The maximum absolute atomic E-state index is 11.5. The number of aryl methyl sites for hydroxylation is 1. The van der Waals surface area contributed by atoms with Gasteiger partial charge in [-0.15, -0.1) is 0 Å². The smallest absolute Gasteiger partial charge is 0.330 e. The van der Waals surface area contributed by atoms with Crippen LogP contribution in [0.15, 0.2) is 18.9 Å². The average Bonchev–Trinajstić information content (AvgIpc) is 2.84. The fourth-order valence-corrected chi connectivity index (χ4v) is 3.59. The van der Waals surface area contributed by atoms with E-state index in [0.717, 1.165) is 23.8 Å². The van der Waals surface area contributed by atoms with E-state index in [1.165, 1.54) is 0 Å². The highest BCUT2D eigenvalue weighted by molar-refractivity contribution is 7.90. The highest BCUT2D eigenvalue weighted by atomic mass is 32.2. The second-order valence-electron chi connectivity index (χ2n) is 4.45. The summed E-state index contributed by atoms with van der Waals surface area (Å²) in [5.41, 5.74) is 1.60. The van der Waals surface area contributed by atoms with E-state index < -0.39 is 15.8 Å². The molecule has 1 aromatic heterocycles. The third-order valence-corrected chi connectivity index (χ3v) is 4.41. The molecular weight excluding hydrogens is 268 g/mol. The molecule has 2 rings (SSSR count). The van der Waals surface area contributed by atoms with Crippen LogP contribution in [0, 0.1) is 0 Å². The number of nitrogens with zero attached hydrogens (tertiary/aromatic N) is 2. The number of carbonyl (C=O) groups excluding carboxylic acids is 1. The molecule has 0 fully saturated rings. The number of aromatic nitrogens is 2. The van der Waals surface area contributed by atoms with Crippen molar-refractivity contribution in [3.05, 3.63) is 30.1 Å². The quantitative estimate of drug-likeness (QED) is 0.439. The Morgan fingerprint density at radius 1 is 1.47 bits per heavy atom. The summed E-state index contributed by atoms with van der Waals surface area (Å²) >= 11 is 0. The molecule has 7 heteroatoms. The van der Waals surface area contributed by atoms with Crippen LogP contribution in [0.2, 0.25) is 0 Å². The molecule has 0 aliphatic carbocycles. The maximum Gasteiger partial charge on any atom is 0.330 e. The van der Waals surface area contributed by atoms with Crippen molar-refractivity contribution in [2.75, 3.05) is 6.61 Å². The summed E-state index contributed by atoms with van der Waals surface area (Å²) in [6, 6.07) is 0. The topological polar surface area (TPSA) is 78.3 Å². The van der Waals surface area contributed by atoms with E-state index in [4.69, 9.17) is 4.74 Å². The van der Waals surface area contributed by atoms with E-state index >= 15 is 0 Å². The monoisotopic (exact) mass is 284 g/mol. The van der Waals surface area contributed by atoms with Gasteiger partial charge in [0.1, 0.15) is 0 Å². The van der Waals surface area contributed by atoms with Crippen LogP contribution in [0.1, 0.15) is 24.1 Å². The van der Waals surface area contributed by atoms with Gasteiger partial charge in [0.15, 0.2) is 9.84 Å². The van der Waals surface area contributed by atoms with Crippen LogP contribution in [0.3, 0.4) is 0 Å². The molecule has 19 heavy (non-hydrogen) atoms. The largest absolute Gasteiger partial charge is 0.463 e. The molecule has 0 atom stereocenters. The van der Waals surface area contributed by atoms with Crippen molar-refractivity contribution in [1.82, 2.24) is 9.78 Å². The highest BCUT2D eigenvalue weighted by Gasteiger charge is 2.28. The van der Waals surface area contributed by atoms with Crippen LogP contribution >= 0.6 is 0 Å². The van der Waals surface area contributed by atoms with Crippen molar-refractivity contribution < 1.29 is 17.9 Å². The van der Waals surface area contributed by atoms with Crippen LogP contribution in [0.4, 0.5) is 0 Å². The number of hydrogen-bond donors (Lipinski definition) is 0. The Morgan fingerprint density at radius 2 is 2.26 bits per heavy atom. The molecule has 0 spiro atoms. The number of esters is 1. The molecule has 1 aromatic rings. The van der Waals surface area contributed by atoms with E-state index in [2.05, 4.69) is 11.7 Å². The summed E-state index contributed by atoms with van der Waals surface area (Å²) < 4.78 is 29.5. The van der Waals surface area contributed by atoms with Gasteiger partial charge >= 0.3 is 5.97 Å². The number of ether oxygens (including phenoxy) is 1. The summed E-state index contributed by atoms with van der Waals surface area (Å²) in [6.45, 7) is 4.28. The molecule has 0 N–H and O–H groups in total. The maximum atomic E-state index is 11.5. The molecule has 104 valence electrons. The first-order valence-corrected chi connectivity index (χ1v) is 7.87. The van der Waals surface area contributed by atoms with Crippen molar-refractivity contribution in [2.45, 2.75) is 30.9 Å². The SMILES string of the molecule is C=CC(=O)OCCCCn1ncc2c1CS(=O)(=O)C2. The van der Waals surface area contributed by atoms with Gasteiger partial charge in [0.25, 0.3) is 0 Å². The molecule has 0 unspecified atom stereocenters. The van der Waals surface area contributed by atoms with E-state index in [1.54, 1.807) is 10.9 Å². The van der Waals surface area contributed by atoms with Gasteiger partial charge in [0, 0.05) is 18.2 Å². The molecule has 6 nitrogen and oxygen atoms in total. The van der Waals surface area contributed by atoms with Crippen LogP contribution in [-0.4, -0.2) is 30.8 Å². The second-order valence-corrected chi connectivity index (χ2v) is 6.52. The van der Waals surface area contributed by atoms with E-state index in [9.17, 15) is 13.2 Å². The first-order valence-electron chi connectivity index (χ1n) is 6.05. The molecular formula is C12H16N2O4S. The Kier molecular flexibility index (Phi) is 4.04. The number of unbranched alkanes of at least 4 members (excludes halogenated alkanes) is 1. The molecule has 0 saturated carbocycles. The zero-order valence-corrected chi connectivity index (χ0v) is 11.4. The van der Waals surface area contributed by atoms with Gasteiger partial charge in [0.05, 0.1) is 30.0 Å². The Balaban J connectivity index is 1.79. The van der Waals surface area contributed by atoms with Gasteiger partial charge in [-0.3, -0.25) is 4.68 Å². The van der Waals surface area contributed by atoms with E-state index in [1.807, 2.05) is 0 Å². The normalized spacial score (nSPS) is 16.0. The number of rotatable bonds is 6. The van der Waals surface area contributed by atoms with Gasteiger partial charge in [0.2, 0.25) is 0 Å². The number of fused-ring (bicyclic) bond motifs is 1. The minimum atomic E-state index is -2.98. The first kappa shape index (κ1) is 13.8. The fraction of sp³-hybridized carbons (Fsp3) is 0.500. The van der Waals surface area contributed by atoms with Crippen molar-refractivity contribution in [3.63, 3.8) is 0 Å². The predicted octanol–water partition coefficient (Wildman–Crippen LogP) is 0.821. The lowest BCUT2D eigenvalue weighted by Crippen LogP contribution is -2.08. The molecule has 0 bridgehead atoms. The Bertz CT molecular complexity index is 589. The minimum absolute atomic E-state index is 0.0772. The van der Waals surface area contributed by atoms with Crippen LogP contribution in [-0.2, 0) is 37.4 Å². The zero-order chi connectivity index (χ0) is 13.9. The lowest BCUT2D eigenvalue weighted by molar-refractivity contribution is -0.137. The summed E-state index contributed by atoms with van der Waals surface area (Å²) in [5, 5.41) is 4.18. The van der Waals surface area contributed by atoms with Gasteiger partial charge in [-0.2, -0.15) is 5.10 Å². The average molecular weight is 284 g/mol. The fourth-order valence-electron chi connectivity index (χ4n) is 2.02. The molecule has 0 amide bonds. The van der Waals surface area contributed by atoms with Crippen molar-refractivity contribution in [1.29, 1.82) is 0 Å². The minimum Gasteiger partial charge on any atom is -0.463 e. The molecule has 1 aliphatic heterocycles. The lowest BCUT2D eigenvalue weighted by atomic mass is 10.3. The first-order chi connectivity index (χ1) is 9.02. The Morgan fingerprint density at radius 3 is 3.00 bits per heavy atom. The third-order valence-electron chi connectivity index (χ3n) is 2.94. The molecule has 0 aromatic carbocycles. The van der Waals surface area contributed by atoms with Crippen molar-refractivity contribution in [3.8, 4) is 0 Å². The van der Waals surface area contributed by atoms with E-state index in [0.29, 0.717) is 19.6 Å². The van der Waals surface area contributed by atoms with Gasteiger partial charge in [-0.1, -0.05) is 6.58 Å². The van der Waals surface area contributed by atoms with Crippen molar-refractivity contribution in [2.24, 2.45) is 0 Å². The standard InChI is InChI=1S/C12H16N2O4S/c1-2-12(15)18-6-4-3-5-14-11-9-19(16,17)8-10(11)7-13-14/h2,7H,1,3-6,8-9H2. The third kappa shape index (κ3) is 3.44. The van der Waals surface area contributed by atoms with Crippen LogP contribution in [0.5, 0.6) is 0 Å². The zero-order valence-electron chi connectivity index (χ0n) is 10.5. The number of hydrogen-bond acceptors (Lipinski definition) is 5. The summed E-state index contributed by atoms with van der Waals surface area (Å²) in [4.78, 5) is 10.8. The van der Waals surface area contributed by atoms with Gasteiger partial charge in [-0.25, -0.2) is 13.2 Å². The van der Waals surface area contributed by atoms with Crippen LogP contribution in [0.25, 0.3) is 0 Å². The highest BCUT2D eigenvalue weighted by Crippen LogP contribution is 2.24. The van der Waals surface area contributed by atoms with Crippen molar-refractivity contribution >= 4 is 15.8 Å². The van der Waals surface area contributed by atoms with Crippen LogP contribution < -0.4 is 0 Å². The molecule has 1 aliphatic rings. The predicted molar refractivity (Wildman–Crippen MR) is 68.9 cm³/mol. The molecule has 0 radical (unpaired) electrons. The molecule has 2 heterocycles. The Hall–Kier alpha value is -1.63. The number of sulfone groups is 1. The second kappa shape index (κ2) is 5.56. The van der Waals surface area contributed by atoms with E-state index in [-0.39, 0.29) is 11.5 Å². The Labute approximate surface area is 112 Å². The summed E-state index contributed by atoms with van der Waals surface area (Å²) in [5.74, 6) is -0.251.